The molecule has 3 heteroatoms. The Morgan fingerprint density at radius 1 is 1.73 bits per heavy atom. The van der Waals surface area contributed by atoms with E-state index in [-0.39, 0.29) is 0 Å². The van der Waals surface area contributed by atoms with Gasteiger partial charge in [0.15, 0.2) is 0 Å². The molecule has 0 saturated heterocycles. The van der Waals surface area contributed by atoms with E-state index in [9.17, 15) is 0 Å². The third-order valence-corrected chi connectivity index (χ3v) is 2.94. The Labute approximate surface area is 74.8 Å². The number of imidazole rings is 1. The number of hydrogen-bond acceptors (Lipinski definition) is 1. The molecule has 0 aromatic carbocycles. The maximum atomic E-state index is 4.26. The molecule has 0 amide bonds. The molecular weight excluding hydrogens is 204 g/mol. The van der Waals surface area contributed by atoms with Crippen LogP contribution in [0.4, 0.5) is 0 Å². The Morgan fingerprint density at radius 2 is 2.45 bits per heavy atom. The first-order valence-electron chi connectivity index (χ1n) is 3.84. The number of nitrogens with zero attached hydrogens (tertiary/aromatic N) is 2. The van der Waals surface area contributed by atoms with Crippen LogP contribution in [0.25, 0.3) is 0 Å². The van der Waals surface area contributed by atoms with Gasteiger partial charge in [-0.15, -0.1) is 0 Å². The zero-order valence-corrected chi connectivity index (χ0v) is 8.13. The second-order valence-corrected chi connectivity index (χ2v) is 3.96. The molecule has 0 unspecified atom stereocenters. The van der Waals surface area contributed by atoms with Crippen LogP contribution in [0.1, 0.15) is 25.5 Å². The molecule has 0 spiro atoms. The molecule has 1 aliphatic rings. The predicted octanol–water partition coefficient (Wildman–Crippen LogP) is 2.29. The van der Waals surface area contributed by atoms with Gasteiger partial charge in [0.1, 0.15) is 0 Å². The van der Waals surface area contributed by atoms with E-state index < -0.39 is 0 Å². The first-order chi connectivity index (χ1) is 5.24. The lowest BCUT2D eigenvalue weighted by molar-refractivity contribution is 0.531. The second kappa shape index (κ2) is 2.34. The number of hydrogen-bond donors (Lipinski definition) is 0. The fraction of sp³-hybridized carbons (Fsp3) is 0.625. The van der Waals surface area contributed by atoms with Gasteiger partial charge in [-0.3, -0.25) is 0 Å². The highest BCUT2D eigenvalue weighted by Crippen LogP contribution is 2.42. The lowest BCUT2D eigenvalue weighted by Gasteiger charge is -2.08. The van der Waals surface area contributed by atoms with Crippen molar-refractivity contribution in [3.8, 4) is 0 Å². The minimum absolute atomic E-state index is 0.396. The molecule has 1 heterocycles. The Balaban J connectivity index is 2.25. The summed E-state index contributed by atoms with van der Waals surface area (Å²) in [4.78, 5) is 4.26. The van der Waals surface area contributed by atoms with Crippen molar-refractivity contribution in [3.05, 3.63) is 18.2 Å². The van der Waals surface area contributed by atoms with Gasteiger partial charge in [-0.1, -0.05) is 15.9 Å². The minimum atomic E-state index is 0.396. The number of alkyl halides is 1. The summed E-state index contributed by atoms with van der Waals surface area (Å²) < 4.78 is 2.23. The van der Waals surface area contributed by atoms with E-state index in [4.69, 9.17) is 0 Å². The summed E-state index contributed by atoms with van der Waals surface area (Å²) in [6.45, 7) is 2.27. The predicted molar refractivity (Wildman–Crippen MR) is 47.7 cm³/mol. The van der Waals surface area contributed by atoms with Gasteiger partial charge < -0.3 is 4.57 Å². The van der Waals surface area contributed by atoms with Crippen molar-refractivity contribution in [2.45, 2.75) is 30.6 Å². The van der Waals surface area contributed by atoms with Gasteiger partial charge >= 0.3 is 0 Å². The lowest BCUT2D eigenvalue weighted by Crippen LogP contribution is -2.08. The number of aromatic nitrogens is 2. The fourth-order valence-corrected chi connectivity index (χ4v) is 1.46. The van der Waals surface area contributed by atoms with Gasteiger partial charge in [0.2, 0.25) is 0 Å². The van der Waals surface area contributed by atoms with Crippen molar-refractivity contribution < 1.29 is 0 Å². The topological polar surface area (TPSA) is 17.8 Å². The maximum Gasteiger partial charge on any atom is 0.0954 e. The Bertz CT molecular complexity index is 263. The van der Waals surface area contributed by atoms with Crippen molar-refractivity contribution in [3.63, 3.8) is 0 Å². The van der Waals surface area contributed by atoms with Crippen LogP contribution in [0.3, 0.4) is 0 Å². The SMILES string of the molecule is CC1(n2cnc(CBr)c2)CC1. The zero-order chi connectivity index (χ0) is 7.90. The molecule has 1 fully saturated rings. The van der Waals surface area contributed by atoms with Crippen LogP contribution >= 0.6 is 15.9 Å². The highest BCUT2D eigenvalue weighted by Gasteiger charge is 2.38. The van der Waals surface area contributed by atoms with Crippen LogP contribution in [-0.4, -0.2) is 9.55 Å². The van der Waals surface area contributed by atoms with Crippen molar-refractivity contribution in [1.82, 2.24) is 9.55 Å². The molecule has 0 atom stereocenters. The van der Waals surface area contributed by atoms with Gasteiger partial charge in [-0.05, 0) is 19.8 Å². The van der Waals surface area contributed by atoms with Crippen molar-refractivity contribution in [1.29, 1.82) is 0 Å². The van der Waals surface area contributed by atoms with Gasteiger partial charge in [0.25, 0.3) is 0 Å². The summed E-state index contributed by atoms with van der Waals surface area (Å²) in [5.41, 5.74) is 1.52. The fourth-order valence-electron chi connectivity index (χ4n) is 1.17. The standard InChI is InChI=1S/C8H11BrN2/c1-8(2-3-8)11-5-7(4-9)10-6-11/h5-6H,2-4H2,1H3. The van der Waals surface area contributed by atoms with Gasteiger partial charge in [0, 0.05) is 17.1 Å². The summed E-state index contributed by atoms with van der Waals surface area (Å²) in [6.07, 6.45) is 6.65. The van der Waals surface area contributed by atoms with Crippen LogP contribution in [0.15, 0.2) is 12.5 Å². The van der Waals surface area contributed by atoms with Crippen molar-refractivity contribution in [2.24, 2.45) is 0 Å². The van der Waals surface area contributed by atoms with E-state index in [1.54, 1.807) is 0 Å². The summed E-state index contributed by atoms with van der Waals surface area (Å²) in [6, 6.07) is 0. The molecule has 60 valence electrons. The number of halogens is 1. The molecule has 0 radical (unpaired) electrons. The minimum Gasteiger partial charge on any atom is -0.331 e. The first-order valence-corrected chi connectivity index (χ1v) is 4.96. The van der Waals surface area contributed by atoms with Crippen LogP contribution in [0.2, 0.25) is 0 Å². The first kappa shape index (κ1) is 7.35. The van der Waals surface area contributed by atoms with E-state index in [0.29, 0.717) is 5.54 Å². The molecule has 1 aromatic rings. The molecule has 2 rings (SSSR count). The van der Waals surface area contributed by atoms with Gasteiger partial charge in [0.05, 0.1) is 12.0 Å². The van der Waals surface area contributed by atoms with Crippen LogP contribution < -0.4 is 0 Å². The van der Waals surface area contributed by atoms with E-state index in [1.807, 2.05) is 6.33 Å². The smallest absolute Gasteiger partial charge is 0.0954 e. The summed E-state index contributed by atoms with van der Waals surface area (Å²) >= 11 is 3.38. The molecule has 2 nitrogen and oxygen atoms in total. The molecule has 1 aliphatic carbocycles. The average Bonchev–Trinajstić information content (AvgIpc) is 2.61. The largest absolute Gasteiger partial charge is 0.331 e. The van der Waals surface area contributed by atoms with Crippen molar-refractivity contribution in [2.75, 3.05) is 0 Å². The highest BCUT2D eigenvalue weighted by atomic mass is 79.9. The molecule has 0 bridgehead atoms. The molecule has 0 aliphatic heterocycles. The summed E-state index contributed by atoms with van der Waals surface area (Å²) in [5, 5.41) is 0.857. The number of rotatable bonds is 2. The molecule has 0 N–H and O–H groups in total. The zero-order valence-electron chi connectivity index (χ0n) is 6.55. The van der Waals surface area contributed by atoms with Crippen LogP contribution in [-0.2, 0) is 10.9 Å². The lowest BCUT2D eigenvalue weighted by atomic mass is 10.3. The van der Waals surface area contributed by atoms with Crippen molar-refractivity contribution >= 4 is 15.9 Å². The van der Waals surface area contributed by atoms with E-state index >= 15 is 0 Å². The highest BCUT2D eigenvalue weighted by molar-refractivity contribution is 9.08. The average molecular weight is 215 g/mol. The van der Waals surface area contributed by atoms with Crippen LogP contribution in [0, 0.1) is 0 Å². The van der Waals surface area contributed by atoms with Gasteiger partial charge in [-0.25, -0.2) is 4.98 Å². The Kier molecular flexibility index (Phi) is 1.56. The van der Waals surface area contributed by atoms with E-state index in [0.717, 1.165) is 11.0 Å². The maximum absolute atomic E-state index is 4.26. The van der Waals surface area contributed by atoms with Crippen LogP contribution in [0.5, 0.6) is 0 Å². The third kappa shape index (κ3) is 1.22. The molecule has 11 heavy (non-hydrogen) atoms. The Morgan fingerprint density at radius 3 is 2.91 bits per heavy atom. The molecule has 1 saturated carbocycles. The monoisotopic (exact) mass is 214 g/mol. The van der Waals surface area contributed by atoms with E-state index in [1.165, 1.54) is 12.8 Å². The van der Waals surface area contributed by atoms with Gasteiger partial charge in [-0.2, -0.15) is 0 Å². The second-order valence-electron chi connectivity index (χ2n) is 3.40. The molecule has 1 aromatic heterocycles. The third-order valence-electron chi connectivity index (χ3n) is 2.37. The quantitative estimate of drug-likeness (QED) is 0.692. The summed E-state index contributed by atoms with van der Waals surface area (Å²) in [7, 11) is 0. The molecular formula is C8H11BrN2. The van der Waals surface area contributed by atoms with E-state index in [2.05, 4.69) is 38.6 Å². The normalized spacial score (nSPS) is 20.2. The summed E-state index contributed by atoms with van der Waals surface area (Å²) in [5.74, 6) is 0. The Hall–Kier alpha value is -0.310.